The Labute approximate surface area is 255 Å². The maximum absolute atomic E-state index is 15.3. The molecule has 2 heterocycles. The molecule has 0 saturated carbocycles. The summed E-state index contributed by atoms with van der Waals surface area (Å²) in [5.41, 5.74) is -1.27. The molecule has 8 heteroatoms. The van der Waals surface area contributed by atoms with Crippen LogP contribution >= 0.6 is 47.0 Å². The summed E-state index contributed by atoms with van der Waals surface area (Å²) in [6.45, 7) is 8.57. The molecule has 3 rings (SSSR count). The van der Waals surface area contributed by atoms with Crippen LogP contribution in [0, 0.1) is 23.3 Å². The van der Waals surface area contributed by atoms with Gasteiger partial charge in [0.15, 0.2) is 23.3 Å². The van der Waals surface area contributed by atoms with Crippen molar-refractivity contribution in [3.05, 3.63) is 62.5 Å². The Morgan fingerprint density at radius 1 is 0.425 bits per heavy atom. The van der Waals surface area contributed by atoms with Crippen LogP contribution in [0.25, 0.3) is 12.2 Å². The van der Waals surface area contributed by atoms with Crippen LogP contribution in [0.15, 0.2) is 28.1 Å². The number of benzene rings is 1. The van der Waals surface area contributed by atoms with Crippen molar-refractivity contribution in [1.29, 1.82) is 0 Å². The maximum Gasteiger partial charge on any atom is 0.169 e. The molecule has 0 unspecified atom stereocenters. The predicted octanol–water partition coefficient (Wildman–Crippen LogP) is 13.8. The highest BCUT2D eigenvalue weighted by molar-refractivity contribution is 8.29. The van der Waals surface area contributed by atoms with Gasteiger partial charge in [0, 0.05) is 19.6 Å². The van der Waals surface area contributed by atoms with E-state index >= 15 is 17.6 Å². The number of hydrogen-bond donors (Lipinski definition) is 0. The molecule has 0 fully saturated rings. The summed E-state index contributed by atoms with van der Waals surface area (Å²) >= 11 is 5.95. The van der Waals surface area contributed by atoms with Gasteiger partial charge in [-0.3, -0.25) is 0 Å². The molecule has 0 bridgehead atoms. The van der Waals surface area contributed by atoms with Crippen molar-refractivity contribution in [2.24, 2.45) is 0 Å². The van der Waals surface area contributed by atoms with Gasteiger partial charge in [0.05, 0.1) is 19.6 Å². The van der Waals surface area contributed by atoms with Gasteiger partial charge < -0.3 is 0 Å². The van der Waals surface area contributed by atoms with Gasteiger partial charge in [-0.2, -0.15) is 0 Å². The zero-order valence-electron chi connectivity index (χ0n) is 24.2. The zero-order valence-corrected chi connectivity index (χ0v) is 27.5. The Hall–Kier alpha value is -0.700. The van der Waals surface area contributed by atoms with E-state index in [0.717, 1.165) is 89.9 Å². The number of thioether (sulfide) groups is 4. The van der Waals surface area contributed by atoms with E-state index in [-0.39, 0.29) is 0 Å². The summed E-state index contributed by atoms with van der Waals surface area (Å²) in [5, 5.41) is 0. The minimum absolute atomic E-state index is 0.634. The number of rotatable bonds is 16. The maximum atomic E-state index is 15.3. The summed E-state index contributed by atoms with van der Waals surface area (Å²) in [5.74, 6) is -5.32. The Morgan fingerprint density at radius 3 is 0.975 bits per heavy atom. The first-order valence-corrected chi connectivity index (χ1v) is 18.1. The molecule has 1 aromatic carbocycles. The standard InChI is InChI=1S/C32H42F4S4/c1-5-9-13-17-25-23(15-11-7-3)37-27(39-25)19-21-29(33)31(35)22(32(36)30(21)34)20-28-38-24(16-12-8-4)26(40-28)18-14-10-6-2/h19-20H,5-18H2,1-4H3/b27-19-,28-20-. The molecule has 1 aromatic rings. The average molecular weight is 631 g/mol. The lowest BCUT2D eigenvalue weighted by Crippen LogP contribution is -2.03. The monoisotopic (exact) mass is 630 g/mol. The molecule has 0 aliphatic carbocycles. The van der Waals surface area contributed by atoms with Gasteiger partial charge in [0.25, 0.3) is 0 Å². The largest absolute Gasteiger partial charge is 0.203 e. The molecular formula is C32H42F4S4. The van der Waals surface area contributed by atoms with E-state index in [0.29, 0.717) is 8.47 Å². The SMILES string of the molecule is CCCCCC1=C(CCCC)S/C(=C/c2c(F)c(F)c(/C=C3/SC(CCCC)=C(CCCCC)S3)c(F)c2F)S1. The van der Waals surface area contributed by atoms with E-state index in [9.17, 15) is 0 Å². The minimum Gasteiger partial charge on any atom is -0.203 e. The lowest BCUT2D eigenvalue weighted by Gasteiger charge is -2.09. The summed E-state index contributed by atoms with van der Waals surface area (Å²) in [6, 6.07) is 0. The molecule has 0 N–H and O–H groups in total. The number of unbranched alkanes of at least 4 members (excludes halogenated alkanes) is 6. The van der Waals surface area contributed by atoms with Gasteiger partial charge in [0.2, 0.25) is 0 Å². The van der Waals surface area contributed by atoms with E-state index in [2.05, 4.69) is 27.7 Å². The van der Waals surface area contributed by atoms with Gasteiger partial charge >= 0.3 is 0 Å². The molecule has 0 nitrogen and oxygen atoms in total. The van der Waals surface area contributed by atoms with Gasteiger partial charge in [-0.05, 0) is 63.5 Å². The van der Waals surface area contributed by atoms with Crippen molar-refractivity contribution >= 4 is 59.2 Å². The normalized spacial score (nSPS) is 17.9. The van der Waals surface area contributed by atoms with Crippen LogP contribution in [0.4, 0.5) is 17.6 Å². The van der Waals surface area contributed by atoms with Crippen LogP contribution in [-0.2, 0) is 0 Å². The Morgan fingerprint density at radius 2 is 0.700 bits per heavy atom. The summed E-state index contributed by atoms with van der Waals surface area (Å²) < 4.78 is 62.5. The number of halogens is 4. The molecule has 40 heavy (non-hydrogen) atoms. The zero-order chi connectivity index (χ0) is 29.1. The molecule has 222 valence electrons. The minimum atomic E-state index is -1.33. The highest BCUT2D eigenvalue weighted by Gasteiger charge is 2.28. The third-order valence-electron chi connectivity index (χ3n) is 6.90. The molecule has 0 aromatic heterocycles. The molecule has 0 amide bonds. The van der Waals surface area contributed by atoms with Crippen molar-refractivity contribution < 1.29 is 17.6 Å². The molecule has 0 atom stereocenters. The highest BCUT2D eigenvalue weighted by Crippen LogP contribution is 2.55. The third-order valence-corrected chi connectivity index (χ3v) is 12.2. The summed E-state index contributed by atoms with van der Waals surface area (Å²) in [7, 11) is 0. The van der Waals surface area contributed by atoms with E-state index in [4.69, 9.17) is 0 Å². The first-order valence-electron chi connectivity index (χ1n) is 14.8. The fourth-order valence-corrected chi connectivity index (χ4v) is 10.1. The smallest absolute Gasteiger partial charge is 0.169 e. The Kier molecular flexibility index (Phi) is 14.7. The summed E-state index contributed by atoms with van der Waals surface area (Å²) in [4.78, 5) is 4.87. The average Bonchev–Trinajstić information content (AvgIpc) is 3.53. The van der Waals surface area contributed by atoms with Crippen LogP contribution < -0.4 is 0 Å². The van der Waals surface area contributed by atoms with Gasteiger partial charge in [0.1, 0.15) is 0 Å². The lowest BCUT2D eigenvalue weighted by atomic mass is 10.1. The molecule has 0 spiro atoms. The molecule has 0 radical (unpaired) electrons. The van der Waals surface area contributed by atoms with Crippen molar-refractivity contribution in [2.75, 3.05) is 0 Å². The first kappa shape index (κ1) is 33.8. The molecule has 0 saturated heterocycles. The van der Waals surface area contributed by atoms with Crippen molar-refractivity contribution in [3.8, 4) is 0 Å². The molecule has 2 aliphatic heterocycles. The topological polar surface area (TPSA) is 0 Å². The first-order chi connectivity index (χ1) is 19.3. The fraction of sp³-hybridized carbons (Fsp3) is 0.562. The second-order valence-corrected chi connectivity index (χ2v) is 15.3. The van der Waals surface area contributed by atoms with Crippen LogP contribution in [0.5, 0.6) is 0 Å². The van der Waals surface area contributed by atoms with E-state index < -0.39 is 34.4 Å². The number of hydrogen-bond acceptors (Lipinski definition) is 4. The van der Waals surface area contributed by atoms with Gasteiger partial charge in [-0.15, -0.1) is 0 Å². The predicted molar refractivity (Wildman–Crippen MR) is 174 cm³/mol. The number of allylic oxidation sites excluding steroid dienone is 4. The van der Waals surface area contributed by atoms with Crippen molar-refractivity contribution in [2.45, 2.75) is 118 Å². The molecule has 2 aliphatic rings. The second kappa shape index (κ2) is 17.4. The quantitative estimate of drug-likeness (QED) is 0.101. The van der Waals surface area contributed by atoms with Gasteiger partial charge in [-0.25, -0.2) is 17.6 Å². The van der Waals surface area contributed by atoms with Crippen LogP contribution in [0.1, 0.15) is 129 Å². The summed E-state index contributed by atoms with van der Waals surface area (Å²) in [6.07, 6.45) is 17.0. The fourth-order valence-electron chi connectivity index (χ4n) is 4.54. The van der Waals surface area contributed by atoms with Crippen LogP contribution in [0.2, 0.25) is 0 Å². The van der Waals surface area contributed by atoms with E-state index in [1.54, 1.807) is 0 Å². The molecular weight excluding hydrogens is 589 g/mol. The highest BCUT2D eigenvalue weighted by atomic mass is 32.2. The lowest BCUT2D eigenvalue weighted by molar-refractivity contribution is 0.448. The Balaban J connectivity index is 1.85. The van der Waals surface area contributed by atoms with Crippen molar-refractivity contribution in [1.82, 2.24) is 0 Å². The van der Waals surface area contributed by atoms with Crippen LogP contribution in [-0.4, -0.2) is 0 Å². The second-order valence-electron chi connectivity index (χ2n) is 10.2. The Bertz CT molecular complexity index is 1030. The van der Waals surface area contributed by atoms with Gasteiger partial charge in [-0.1, -0.05) is 113 Å². The van der Waals surface area contributed by atoms with Crippen LogP contribution in [0.3, 0.4) is 0 Å². The van der Waals surface area contributed by atoms with Crippen molar-refractivity contribution in [3.63, 3.8) is 0 Å². The van der Waals surface area contributed by atoms with E-state index in [1.807, 2.05) is 0 Å². The third kappa shape index (κ3) is 9.15. The van der Waals surface area contributed by atoms with E-state index in [1.165, 1.54) is 78.8 Å².